The fourth-order valence-electron chi connectivity index (χ4n) is 10.1. The topological polar surface area (TPSA) is 199 Å². The molecule has 6 bridgehead atoms. The molecule has 5 heterocycles. The zero-order chi connectivity index (χ0) is 50.7. The number of cyclic esters (lactones) is 1. The van der Waals surface area contributed by atoms with Gasteiger partial charge in [0.25, 0.3) is 11.8 Å². The number of aryl methyl sites for hydroxylation is 1. The number of likely N-dealkylation sites (N-methyl/N-ethyl adjacent to an activating group) is 1. The van der Waals surface area contributed by atoms with E-state index in [9.17, 15) is 34.2 Å². The third-order valence-electron chi connectivity index (χ3n) is 13.4. The Morgan fingerprint density at radius 3 is 2.56 bits per heavy atom. The number of rotatable bonds is 10. The average molecular weight is 961 g/mol. The first-order valence-electron chi connectivity index (χ1n) is 24.1. The average Bonchev–Trinajstić information content (AvgIpc) is 3.93. The van der Waals surface area contributed by atoms with Crippen LogP contribution >= 0.6 is 0 Å². The van der Waals surface area contributed by atoms with E-state index in [1.54, 1.807) is 45.2 Å². The van der Waals surface area contributed by atoms with Gasteiger partial charge in [-0.05, 0) is 111 Å². The van der Waals surface area contributed by atoms with Crippen LogP contribution in [0.1, 0.15) is 70.7 Å². The number of aromatic nitrogens is 2. The van der Waals surface area contributed by atoms with Crippen molar-refractivity contribution < 1.29 is 43.7 Å². The Balaban J connectivity index is 1.27. The number of nitrogens with one attached hydrogen (secondary N) is 2. The first-order chi connectivity index (χ1) is 33.2. The molecule has 2 saturated heterocycles. The minimum Gasteiger partial charge on any atom is -0.508 e. The monoisotopic (exact) mass is 961 g/mol. The molecular weight excluding hydrogens is 893 g/mol. The number of pyridine rings is 1. The van der Waals surface area contributed by atoms with Crippen LogP contribution in [0.25, 0.3) is 33.3 Å². The number of nitrogens with zero attached hydrogens (tertiary/aromatic N) is 6. The lowest BCUT2D eigenvalue weighted by molar-refractivity contribution is -0.189. The Morgan fingerprint density at radius 2 is 1.84 bits per heavy atom. The third kappa shape index (κ3) is 11.2. The molecule has 374 valence electrons. The van der Waals surface area contributed by atoms with Gasteiger partial charge in [-0.1, -0.05) is 45.7 Å². The quantitative estimate of drug-likeness (QED) is 0.131. The van der Waals surface area contributed by atoms with Gasteiger partial charge in [-0.15, -0.1) is 0 Å². The van der Waals surface area contributed by atoms with E-state index >= 15 is 0 Å². The summed E-state index contributed by atoms with van der Waals surface area (Å²) in [4.78, 5) is 79.9. The Labute approximate surface area is 410 Å². The highest BCUT2D eigenvalue weighted by Crippen LogP contribution is 2.41. The predicted octanol–water partition coefficient (Wildman–Crippen LogP) is 4.11. The van der Waals surface area contributed by atoms with Crippen molar-refractivity contribution in [3.05, 3.63) is 71.5 Å². The Morgan fingerprint density at radius 1 is 1.07 bits per heavy atom. The molecule has 3 aliphatic rings. The number of ether oxygens (including phenoxy) is 2. The summed E-state index contributed by atoms with van der Waals surface area (Å²) < 4.78 is 13.8. The normalized spacial score (nSPS) is 21.0. The number of hydrogen-bond donors (Lipinski definition) is 4. The first kappa shape index (κ1) is 51.5. The Kier molecular flexibility index (Phi) is 15.7. The van der Waals surface area contributed by atoms with Crippen LogP contribution in [-0.4, -0.2) is 148 Å². The van der Waals surface area contributed by atoms with Crippen LogP contribution in [0, 0.1) is 29.1 Å². The van der Waals surface area contributed by atoms with Gasteiger partial charge < -0.3 is 39.4 Å². The van der Waals surface area contributed by atoms with Crippen LogP contribution < -0.4 is 10.7 Å². The van der Waals surface area contributed by atoms with E-state index in [1.807, 2.05) is 57.1 Å². The molecule has 4 atom stereocenters. The lowest BCUT2D eigenvalue weighted by atomic mass is 9.84. The van der Waals surface area contributed by atoms with Crippen molar-refractivity contribution in [3.63, 3.8) is 0 Å². The molecule has 3 aliphatic heterocycles. The number of hydrogen-bond acceptors (Lipinski definition) is 12. The van der Waals surface area contributed by atoms with Gasteiger partial charge in [0.2, 0.25) is 17.5 Å². The zero-order valence-corrected chi connectivity index (χ0v) is 41.9. The van der Waals surface area contributed by atoms with Gasteiger partial charge in [-0.3, -0.25) is 34.1 Å². The lowest BCUT2D eigenvalue weighted by Crippen LogP contribution is -2.67. The molecule has 70 heavy (non-hydrogen) atoms. The Bertz CT molecular complexity index is 2700. The molecule has 0 radical (unpaired) electrons. The van der Waals surface area contributed by atoms with Crippen LogP contribution in [0.5, 0.6) is 5.75 Å². The molecular formula is C53H68N8O9. The van der Waals surface area contributed by atoms with Gasteiger partial charge in [0, 0.05) is 81.3 Å². The summed E-state index contributed by atoms with van der Waals surface area (Å²) in [5, 5.41) is 28.3. The first-order valence-corrected chi connectivity index (χ1v) is 24.1. The van der Waals surface area contributed by atoms with E-state index in [4.69, 9.17) is 14.5 Å². The fourth-order valence-corrected chi connectivity index (χ4v) is 10.1. The number of benzene rings is 2. The number of carbonyl (C=O) groups excluding carboxylic acids is 5. The van der Waals surface area contributed by atoms with E-state index in [0.29, 0.717) is 43.6 Å². The molecule has 0 spiro atoms. The summed E-state index contributed by atoms with van der Waals surface area (Å²) in [6, 6.07) is 12.8. The van der Waals surface area contributed by atoms with E-state index in [2.05, 4.69) is 46.2 Å². The van der Waals surface area contributed by atoms with Crippen molar-refractivity contribution in [3.8, 4) is 40.0 Å². The van der Waals surface area contributed by atoms with Crippen molar-refractivity contribution in [1.82, 2.24) is 40.0 Å². The van der Waals surface area contributed by atoms with Gasteiger partial charge in [0.1, 0.15) is 17.8 Å². The lowest BCUT2D eigenvalue weighted by Gasteiger charge is -2.40. The largest absolute Gasteiger partial charge is 0.508 e. The molecule has 2 aromatic carbocycles. The molecule has 7 rings (SSSR count). The van der Waals surface area contributed by atoms with Gasteiger partial charge in [-0.2, -0.15) is 5.43 Å². The molecule has 2 fully saturated rings. The second-order valence-electron chi connectivity index (χ2n) is 20.3. The second-order valence-corrected chi connectivity index (χ2v) is 20.3. The number of aliphatic hydroxyl groups is 1. The summed E-state index contributed by atoms with van der Waals surface area (Å²) in [5.41, 5.74) is 6.37. The number of aromatic hydroxyl groups is 1. The molecule has 0 aliphatic carbocycles. The van der Waals surface area contributed by atoms with Gasteiger partial charge in [0.15, 0.2) is 0 Å². The number of carbonyl (C=O) groups is 5. The molecule has 4 aromatic rings. The summed E-state index contributed by atoms with van der Waals surface area (Å²) >= 11 is 0. The van der Waals surface area contributed by atoms with E-state index in [0.717, 1.165) is 44.0 Å². The number of hydrazine groups is 1. The van der Waals surface area contributed by atoms with Crippen LogP contribution in [-0.2, 0) is 59.4 Å². The maximum Gasteiger partial charge on any atom is 0.355 e. The highest BCUT2D eigenvalue weighted by Gasteiger charge is 2.46. The maximum atomic E-state index is 14.8. The maximum absolute atomic E-state index is 14.8. The van der Waals surface area contributed by atoms with Crippen molar-refractivity contribution in [2.24, 2.45) is 17.3 Å². The summed E-state index contributed by atoms with van der Waals surface area (Å²) in [7, 11) is 6.89. The minimum atomic E-state index is -2.27. The van der Waals surface area contributed by atoms with Crippen LogP contribution in [0.3, 0.4) is 0 Å². The Hall–Kier alpha value is -6.32. The highest BCUT2D eigenvalue weighted by molar-refractivity contribution is 5.97. The SMILES string of the molecule is CCn1c(-c2cccnc2COC)c2c3cc(ccc31)-c1cc(O)cc(c1)C[C@H](NC(=O)[C@@H](C(C)C)N(C)C(=O)[C@H]1CCN(C(=O)C#CCN(C)C)C1)C(=O)N1CCC[C@@](O)(N1)C(=O)OCC(C)(C)C2. The molecule has 4 amide bonds. The number of fused-ring (bicyclic) bond motifs is 6. The number of amides is 4. The zero-order valence-electron chi connectivity index (χ0n) is 41.9. The predicted molar refractivity (Wildman–Crippen MR) is 264 cm³/mol. The molecule has 0 unspecified atom stereocenters. The second kappa shape index (κ2) is 21.4. The van der Waals surface area contributed by atoms with Gasteiger partial charge in [-0.25, -0.2) is 4.79 Å². The van der Waals surface area contributed by atoms with Crippen molar-refractivity contribution >= 4 is 40.5 Å². The molecule has 4 N–H and O–H groups in total. The van der Waals surface area contributed by atoms with Crippen molar-refractivity contribution in [1.29, 1.82) is 0 Å². The molecule has 0 saturated carbocycles. The van der Waals surface area contributed by atoms with Gasteiger partial charge >= 0.3 is 5.97 Å². The fraction of sp³-hybridized carbons (Fsp3) is 0.509. The van der Waals surface area contributed by atoms with Crippen LogP contribution in [0.15, 0.2) is 54.7 Å². The minimum absolute atomic E-state index is 0.0433. The van der Waals surface area contributed by atoms with E-state index in [-0.39, 0.29) is 63.1 Å². The molecule has 17 nitrogen and oxygen atoms in total. The number of phenols is 1. The van der Waals surface area contributed by atoms with E-state index < -0.39 is 52.8 Å². The summed E-state index contributed by atoms with van der Waals surface area (Å²) in [6.45, 7) is 11.5. The van der Waals surface area contributed by atoms with E-state index in [1.165, 1.54) is 11.0 Å². The highest BCUT2D eigenvalue weighted by atomic mass is 16.6. The van der Waals surface area contributed by atoms with Crippen LogP contribution in [0.4, 0.5) is 0 Å². The molecule has 2 aromatic heterocycles. The van der Waals surface area contributed by atoms with Crippen LogP contribution in [0.2, 0.25) is 0 Å². The number of phenolic OH excluding ortho intramolecular Hbond substituents is 1. The summed E-state index contributed by atoms with van der Waals surface area (Å²) in [5.74, 6) is 1.60. The van der Waals surface area contributed by atoms with Crippen molar-refractivity contribution in [2.45, 2.75) is 97.7 Å². The number of methoxy groups -OCH3 is 1. The van der Waals surface area contributed by atoms with Gasteiger partial charge in [0.05, 0.1) is 37.1 Å². The smallest absolute Gasteiger partial charge is 0.355 e. The summed E-state index contributed by atoms with van der Waals surface area (Å²) in [6.07, 6.45) is 2.68. The number of esters is 1. The number of likely N-dealkylation sites (tertiary alicyclic amines) is 1. The van der Waals surface area contributed by atoms with Crippen molar-refractivity contribution in [2.75, 3.05) is 61.0 Å². The standard InChI is InChI=1S/C53H68N8O9/c1-10-60-44-17-16-35-28-40(44)41(47(60)39-14-11-20-54-43(39)31-69-9)29-52(4,5)32-70-51(67)53(68)19-13-22-61(56-53)50(66)42(26-34-24-37(35)27-38(62)25-34)55-48(64)46(33(2)3)58(8)49(65)36-18-23-59(30-36)45(63)15-12-21-57(6)7/h11,14,16-17,20,24-25,27-28,33,36,42,46,56,62,68H,10,13,18-19,21-23,26,29-32H2,1-9H3,(H,55,64)/t36-,42-,46+,53-/m0/s1. The third-order valence-corrected chi connectivity index (χ3v) is 13.4. The molecule has 17 heteroatoms.